The first kappa shape index (κ1) is 20.8. The molecule has 9 heteroatoms. The largest absolute Gasteiger partial charge is 0.427 e. The highest BCUT2D eigenvalue weighted by atomic mass is 16.7. The van der Waals surface area contributed by atoms with Crippen molar-refractivity contribution in [3.8, 4) is 0 Å². The standard InChI is InChI=1S/C20H25N3O6/c1-10(24)15-13-7-12(11-5-6-14(21)22-8-11)16(23(13)17(15)25)18(26)28-9-29-19(27)20(2,3)4/h5-6,8,10,13,15,24H,7,9H2,1-4H3,(H2,21,22)/t10-,13-,15-/m1/s1. The lowest BCUT2D eigenvalue weighted by atomic mass is 9.82. The Morgan fingerprint density at radius 3 is 2.59 bits per heavy atom. The molecule has 1 amide bonds. The third-order valence-electron chi connectivity index (χ3n) is 5.05. The molecule has 2 aliphatic heterocycles. The van der Waals surface area contributed by atoms with Gasteiger partial charge in [0.1, 0.15) is 11.5 Å². The number of rotatable bonds is 5. The average Bonchev–Trinajstić information content (AvgIpc) is 2.96. The number of β-lactam (4-membered cyclic amide) rings is 1. The number of nitrogens with zero attached hydrogens (tertiary/aromatic N) is 2. The number of carbonyl (C=O) groups is 3. The summed E-state index contributed by atoms with van der Waals surface area (Å²) in [5.41, 5.74) is 6.18. The maximum atomic E-state index is 12.8. The molecule has 9 nitrogen and oxygen atoms in total. The van der Waals surface area contributed by atoms with E-state index in [2.05, 4.69) is 4.98 Å². The van der Waals surface area contributed by atoms with Crippen molar-refractivity contribution in [1.29, 1.82) is 0 Å². The molecule has 3 atom stereocenters. The number of nitrogen functional groups attached to an aromatic ring is 1. The molecule has 3 heterocycles. The number of carbonyl (C=O) groups excluding carboxylic acids is 3. The van der Waals surface area contributed by atoms with Crippen LogP contribution in [0, 0.1) is 11.3 Å². The summed E-state index contributed by atoms with van der Waals surface area (Å²) >= 11 is 0. The van der Waals surface area contributed by atoms with E-state index in [9.17, 15) is 19.5 Å². The van der Waals surface area contributed by atoms with Crippen LogP contribution in [0.4, 0.5) is 5.82 Å². The van der Waals surface area contributed by atoms with Crippen molar-refractivity contribution in [2.24, 2.45) is 11.3 Å². The van der Waals surface area contributed by atoms with E-state index in [0.29, 0.717) is 23.4 Å². The number of pyridine rings is 1. The first-order valence-corrected chi connectivity index (χ1v) is 9.33. The maximum absolute atomic E-state index is 12.8. The second-order valence-electron chi connectivity index (χ2n) is 8.28. The molecule has 0 saturated carbocycles. The maximum Gasteiger partial charge on any atom is 0.358 e. The molecule has 0 spiro atoms. The number of hydrogen-bond acceptors (Lipinski definition) is 8. The molecule has 1 aromatic heterocycles. The Kier molecular flexibility index (Phi) is 5.36. The summed E-state index contributed by atoms with van der Waals surface area (Å²) in [5.74, 6) is -1.90. The molecule has 1 saturated heterocycles. The zero-order valence-corrected chi connectivity index (χ0v) is 16.8. The number of fused-ring (bicyclic) bond motifs is 1. The molecule has 0 unspecified atom stereocenters. The number of nitrogens with two attached hydrogens (primary N) is 1. The monoisotopic (exact) mass is 403 g/mol. The van der Waals surface area contributed by atoms with Crippen LogP contribution in [0.15, 0.2) is 24.0 Å². The summed E-state index contributed by atoms with van der Waals surface area (Å²) in [4.78, 5) is 42.5. The normalized spacial score (nSPS) is 22.1. The molecule has 1 fully saturated rings. The number of ether oxygens (including phenoxy) is 2. The summed E-state index contributed by atoms with van der Waals surface area (Å²) < 4.78 is 10.1. The zero-order chi connectivity index (χ0) is 21.5. The molecule has 29 heavy (non-hydrogen) atoms. The van der Waals surface area contributed by atoms with Gasteiger partial charge in [-0.15, -0.1) is 0 Å². The van der Waals surface area contributed by atoms with Gasteiger partial charge in [0.2, 0.25) is 12.7 Å². The van der Waals surface area contributed by atoms with Crippen LogP contribution in [0.1, 0.15) is 39.7 Å². The zero-order valence-electron chi connectivity index (χ0n) is 16.8. The summed E-state index contributed by atoms with van der Waals surface area (Å²) in [5, 5.41) is 9.92. The Hall–Kier alpha value is -2.94. The van der Waals surface area contributed by atoms with Crippen molar-refractivity contribution in [3.05, 3.63) is 29.6 Å². The fraction of sp³-hybridized carbons (Fsp3) is 0.500. The van der Waals surface area contributed by atoms with E-state index in [1.807, 2.05) is 0 Å². The molecule has 1 aromatic rings. The Labute approximate surface area is 168 Å². The van der Waals surface area contributed by atoms with Crippen LogP contribution in [0.3, 0.4) is 0 Å². The number of amides is 1. The van der Waals surface area contributed by atoms with Gasteiger partial charge in [0.05, 0.1) is 23.5 Å². The number of hydrogen-bond donors (Lipinski definition) is 2. The third-order valence-corrected chi connectivity index (χ3v) is 5.05. The Morgan fingerprint density at radius 1 is 1.34 bits per heavy atom. The predicted octanol–water partition coefficient (Wildman–Crippen LogP) is 1.08. The highest BCUT2D eigenvalue weighted by Gasteiger charge is 2.57. The highest BCUT2D eigenvalue weighted by molar-refractivity contribution is 6.06. The van der Waals surface area contributed by atoms with Crippen molar-refractivity contribution in [2.75, 3.05) is 12.5 Å². The Balaban J connectivity index is 1.83. The number of anilines is 1. The van der Waals surface area contributed by atoms with E-state index in [1.165, 1.54) is 11.1 Å². The van der Waals surface area contributed by atoms with Crippen LogP contribution in [0.25, 0.3) is 5.57 Å². The first-order valence-electron chi connectivity index (χ1n) is 9.33. The van der Waals surface area contributed by atoms with Gasteiger partial charge < -0.3 is 25.2 Å². The minimum absolute atomic E-state index is 0.0790. The van der Waals surface area contributed by atoms with Crippen LogP contribution in [-0.2, 0) is 23.9 Å². The lowest BCUT2D eigenvalue weighted by Crippen LogP contribution is -2.61. The van der Waals surface area contributed by atoms with Crippen LogP contribution < -0.4 is 5.73 Å². The van der Waals surface area contributed by atoms with E-state index in [1.54, 1.807) is 39.8 Å². The van der Waals surface area contributed by atoms with E-state index in [0.717, 1.165) is 0 Å². The lowest BCUT2D eigenvalue weighted by Gasteiger charge is -2.44. The molecule has 2 aliphatic rings. The van der Waals surface area contributed by atoms with Crippen LogP contribution >= 0.6 is 0 Å². The fourth-order valence-electron chi connectivity index (χ4n) is 3.52. The number of aromatic nitrogens is 1. The number of aliphatic hydroxyl groups is 1. The molecule has 0 aromatic carbocycles. The number of aliphatic hydroxyl groups excluding tert-OH is 1. The smallest absolute Gasteiger partial charge is 0.358 e. The van der Waals surface area contributed by atoms with Gasteiger partial charge >= 0.3 is 11.9 Å². The van der Waals surface area contributed by atoms with Crippen molar-refractivity contribution in [2.45, 2.75) is 46.3 Å². The van der Waals surface area contributed by atoms with Crippen LogP contribution in [-0.4, -0.2) is 51.8 Å². The molecule has 0 bridgehead atoms. The average molecular weight is 403 g/mol. The van der Waals surface area contributed by atoms with E-state index >= 15 is 0 Å². The fourth-order valence-corrected chi connectivity index (χ4v) is 3.52. The van der Waals surface area contributed by atoms with Gasteiger partial charge in [-0.3, -0.25) is 9.59 Å². The molecule has 0 radical (unpaired) electrons. The Bertz CT molecular complexity index is 869. The van der Waals surface area contributed by atoms with E-state index in [4.69, 9.17) is 15.2 Å². The summed E-state index contributed by atoms with van der Waals surface area (Å²) in [6, 6.07) is 2.97. The summed E-state index contributed by atoms with van der Waals surface area (Å²) in [6.45, 7) is 6.04. The molecular weight excluding hydrogens is 378 g/mol. The molecule has 3 rings (SSSR count). The second kappa shape index (κ2) is 7.47. The quantitative estimate of drug-likeness (QED) is 0.424. The Morgan fingerprint density at radius 2 is 2.03 bits per heavy atom. The lowest BCUT2D eigenvalue weighted by molar-refractivity contribution is -0.175. The second-order valence-corrected chi connectivity index (χ2v) is 8.28. The summed E-state index contributed by atoms with van der Waals surface area (Å²) in [6.07, 6.45) is 1.06. The van der Waals surface area contributed by atoms with E-state index in [-0.39, 0.29) is 17.6 Å². The van der Waals surface area contributed by atoms with Gasteiger partial charge in [-0.1, -0.05) is 0 Å². The topological polar surface area (TPSA) is 132 Å². The van der Waals surface area contributed by atoms with Gasteiger partial charge in [0.25, 0.3) is 0 Å². The molecule has 0 aliphatic carbocycles. The van der Waals surface area contributed by atoms with Crippen LogP contribution in [0.5, 0.6) is 0 Å². The van der Waals surface area contributed by atoms with E-state index < -0.39 is 36.2 Å². The van der Waals surface area contributed by atoms with Gasteiger partial charge in [0, 0.05) is 6.20 Å². The molecule has 156 valence electrons. The van der Waals surface area contributed by atoms with Crippen molar-refractivity contribution in [3.63, 3.8) is 0 Å². The SMILES string of the molecule is C[C@@H](O)[C@H]1C(=O)N2C(C(=O)OCOC(=O)C(C)(C)C)=C(c3ccc(N)nc3)C[C@H]12. The number of esters is 2. The van der Waals surface area contributed by atoms with Gasteiger partial charge in [-0.05, 0) is 57.4 Å². The summed E-state index contributed by atoms with van der Waals surface area (Å²) in [7, 11) is 0. The predicted molar refractivity (Wildman–Crippen MR) is 102 cm³/mol. The highest BCUT2D eigenvalue weighted by Crippen LogP contribution is 2.47. The van der Waals surface area contributed by atoms with Gasteiger partial charge in [-0.2, -0.15) is 0 Å². The molecule has 3 N–H and O–H groups in total. The molecular formula is C20H25N3O6. The third kappa shape index (κ3) is 3.82. The van der Waals surface area contributed by atoms with Crippen molar-refractivity contribution in [1.82, 2.24) is 9.88 Å². The first-order chi connectivity index (χ1) is 13.5. The van der Waals surface area contributed by atoms with Crippen LogP contribution in [0.2, 0.25) is 0 Å². The van der Waals surface area contributed by atoms with Gasteiger partial charge in [-0.25, -0.2) is 9.78 Å². The van der Waals surface area contributed by atoms with Crippen molar-refractivity contribution < 1.29 is 29.0 Å². The van der Waals surface area contributed by atoms with Crippen molar-refractivity contribution >= 4 is 29.2 Å². The minimum atomic E-state index is -0.836. The minimum Gasteiger partial charge on any atom is -0.427 e. The van der Waals surface area contributed by atoms with Gasteiger partial charge in [0.15, 0.2) is 0 Å².